The van der Waals surface area contributed by atoms with Crippen LogP contribution in [0.25, 0.3) is 0 Å². The van der Waals surface area contributed by atoms with Crippen molar-refractivity contribution >= 4 is 33.6 Å². The van der Waals surface area contributed by atoms with E-state index in [1.165, 1.54) is 11.0 Å². The van der Waals surface area contributed by atoms with Crippen LogP contribution in [-0.2, 0) is 4.74 Å². The van der Waals surface area contributed by atoms with Crippen LogP contribution in [0.4, 0.5) is 10.5 Å². The Hall–Kier alpha value is -1.60. The minimum Gasteiger partial charge on any atom is -0.478 e. The van der Waals surface area contributed by atoms with Crippen molar-refractivity contribution in [2.75, 3.05) is 32.1 Å². The molecular weight excluding hydrogens is 328 g/mol. The predicted octanol–water partition coefficient (Wildman–Crippen LogP) is 2.65. The van der Waals surface area contributed by atoms with Crippen LogP contribution in [0.15, 0.2) is 22.7 Å². The molecule has 0 radical (unpaired) electrons. The van der Waals surface area contributed by atoms with Crippen molar-refractivity contribution in [1.29, 1.82) is 0 Å². The van der Waals surface area contributed by atoms with E-state index in [0.29, 0.717) is 24.2 Å². The van der Waals surface area contributed by atoms with Crippen LogP contribution in [0, 0.1) is 0 Å². The van der Waals surface area contributed by atoms with Gasteiger partial charge in [0.2, 0.25) is 0 Å². The molecule has 0 unspecified atom stereocenters. The topological polar surface area (TPSA) is 78.9 Å². The number of carbonyl (C=O) groups is 2. The van der Waals surface area contributed by atoms with E-state index >= 15 is 0 Å². The normalized spacial score (nSPS) is 10.2. The quantitative estimate of drug-likeness (QED) is 0.831. The zero-order valence-electron chi connectivity index (χ0n) is 11.4. The van der Waals surface area contributed by atoms with Gasteiger partial charge in [-0.25, -0.2) is 9.59 Å². The Bertz CT molecular complexity index is 493. The van der Waals surface area contributed by atoms with Gasteiger partial charge < -0.3 is 20.1 Å². The Labute approximate surface area is 125 Å². The maximum atomic E-state index is 12.1. The zero-order chi connectivity index (χ0) is 15.1. The molecule has 6 nitrogen and oxygen atoms in total. The van der Waals surface area contributed by atoms with Crippen molar-refractivity contribution < 1.29 is 19.4 Å². The SMILES string of the molecule is CCN(CCOC)C(=O)Nc1ccc(Br)cc1C(=O)O. The van der Waals surface area contributed by atoms with E-state index in [0.717, 1.165) is 0 Å². The molecule has 0 aromatic heterocycles. The molecule has 2 amide bonds. The number of ether oxygens (including phenoxy) is 1. The maximum absolute atomic E-state index is 12.1. The summed E-state index contributed by atoms with van der Waals surface area (Å²) in [4.78, 5) is 24.8. The van der Waals surface area contributed by atoms with E-state index in [9.17, 15) is 9.59 Å². The van der Waals surface area contributed by atoms with E-state index in [2.05, 4.69) is 21.2 Å². The standard InChI is InChI=1S/C13H17BrN2O4/c1-3-16(6-7-20-2)13(19)15-11-5-4-9(14)8-10(11)12(17)18/h4-5,8H,3,6-7H2,1-2H3,(H,15,19)(H,17,18). The molecule has 0 spiro atoms. The Balaban J connectivity index is 2.86. The number of hydrogen-bond acceptors (Lipinski definition) is 3. The number of likely N-dealkylation sites (N-methyl/N-ethyl adjacent to an activating group) is 1. The van der Waals surface area contributed by atoms with Crippen LogP contribution in [0.1, 0.15) is 17.3 Å². The number of hydrogen-bond donors (Lipinski definition) is 2. The van der Waals surface area contributed by atoms with Gasteiger partial charge in [0.05, 0.1) is 17.9 Å². The van der Waals surface area contributed by atoms with Crippen molar-refractivity contribution in [3.8, 4) is 0 Å². The number of anilines is 1. The number of urea groups is 1. The van der Waals surface area contributed by atoms with Crippen LogP contribution in [-0.4, -0.2) is 48.8 Å². The average Bonchev–Trinajstić information content (AvgIpc) is 2.41. The van der Waals surface area contributed by atoms with Crippen LogP contribution in [0.5, 0.6) is 0 Å². The average molecular weight is 345 g/mol. The summed E-state index contributed by atoms with van der Waals surface area (Å²) in [6, 6.07) is 4.32. The first-order valence-electron chi connectivity index (χ1n) is 6.07. The lowest BCUT2D eigenvalue weighted by Crippen LogP contribution is -2.37. The number of benzene rings is 1. The highest BCUT2D eigenvalue weighted by atomic mass is 79.9. The van der Waals surface area contributed by atoms with Crippen molar-refractivity contribution in [2.24, 2.45) is 0 Å². The van der Waals surface area contributed by atoms with Gasteiger partial charge in [0.1, 0.15) is 0 Å². The van der Waals surface area contributed by atoms with E-state index in [1.807, 2.05) is 6.92 Å². The second-order valence-corrected chi connectivity index (χ2v) is 4.91. The number of nitrogens with zero attached hydrogens (tertiary/aromatic N) is 1. The molecule has 20 heavy (non-hydrogen) atoms. The second-order valence-electron chi connectivity index (χ2n) is 4.00. The third kappa shape index (κ3) is 4.50. The fourth-order valence-corrected chi connectivity index (χ4v) is 1.96. The van der Waals surface area contributed by atoms with E-state index in [1.54, 1.807) is 19.2 Å². The van der Waals surface area contributed by atoms with Gasteiger partial charge in [-0.3, -0.25) is 0 Å². The highest BCUT2D eigenvalue weighted by Crippen LogP contribution is 2.21. The van der Waals surface area contributed by atoms with Gasteiger partial charge >= 0.3 is 12.0 Å². The van der Waals surface area contributed by atoms with Crippen LogP contribution in [0.2, 0.25) is 0 Å². The Kier molecular flexibility index (Phi) is 6.47. The number of carbonyl (C=O) groups excluding carboxylic acids is 1. The van der Waals surface area contributed by atoms with Crippen LogP contribution < -0.4 is 5.32 Å². The molecule has 0 saturated carbocycles. The minimum atomic E-state index is -1.10. The largest absolute Gasteiger partial charge is 0.478 e. The molecule has 7 heteroatoms. The Morgan fingerprint density at radius 2 is 2.15 bits per heavy atom. The lowest BCUT2D eigenvalue weighted by Gasteiger charge is -2.21. The van der Waals surface area contributed by atoms with Crippen molar-refractivity contribution in [1.82, 2.24) is 4.90 Å². The maximum Gasteiger partial charge on any atom is 0.337 e. The molecule has 0 aliphatic heterocycles. The Morgan fingerprint density at radius 3 is 2.70 bits per heavy atom. The molecule has 1 aromatic rings. The summed E-state index contributed by atoms with van der Waals surface area (Å²) in [6.45, 7) is 3.22. The van der Waals surface area contributed by atoms with Gasteiger partial charge in [-0.15, -0.1) is 0 Å². The van der Waals surface area contributed by atoms with E-state index in [4.69, 9.17) is 9.84 Å². The number of nitrogens with one attached hydrogen (secondary N) is 1. The molecule has 0 atom stereocenters. The van der Waals surface area contributed by atoms with E-state index < -0.39 is 5.97 Å². The molecule has 0 bridgehead atoms. The minimum absolute atomic E-state index is 0.0375. The van der Waals surface area contributed by atoms with Gasteiger partial charge in [0, 0.05) is 24.7 Å². The summed E-state index contributed by atoms with van der Waals surface area (Å²) in [7, 11) is 1.56. The first-order valence-corrected chi connectivity index (χ1v) is 6.86. The summed E-state index contributed by atoms with van der Waals surface area (Å²) in [6.07, 6.45) is 0. The summed E-state index contributed by atoms with van der Waals surface area (Å²) in [5.41, 5.74) is 0.303. The number of rotatable bonds is 6. The van der Waals surface area contributed by atoms with Gasteiger partial charge in [-0.2, -0.15) is 0 Å². The predicted molar refractivity (Wildman–Crippen MR) is 79.2 cm³/mol. The summed E-state index contributed by atoms with van der Waals surface area (Å²) < 4.78 is 5.57. The molecule has 0 saturated heterocycles. The summed E-state index contributed by atoms with van der Waals surface area (Å²) >= 11 is 3.20. The second kappa shape index (κ2) is 7.86. The Morgan fingerprint density at radius 1 is 1.45 bits per heavy atom. The summed E-state index contributed by atoms with van der Waals surface area (Å²) in [5.74, 6) is -1.10. The highest BCUT2D eigenvalue weighted by Gasteiger charge is 2.16. The third-order valence-electron chi connectivity index (χ3n) is 2.69. The first kappa shape index (κ1) is 16.5. The third-order valence-corrected chi connectivity index (χ3v) is 3.18. The monoisotopic (exact) mass is 344 g/mol. The van der Waals surface area contributed by atoms with Crippen LogP contribution >= 0.6 is 15.9 Å². The number of aromatic carboxylic acids is 1. The summed E-state index contributed by atoms with van der Waals surface area (Å²) in [5, 5.41) is 11.7. The zero-order valence-corrected chi connectivity index (χ0v) is 12.9. The number of carboxylic acid groups (broad SMARTS) is 1. The first-order chi connectivity index (χ1) is 9.49. The molecule has 2 N–H and O–H groups in total. The molecule has 0 aliphatic rings. The number of halogens is 1. The van der Waals surface area contributed by atoms with Crippen LogP contribution in [0.3, 0.4) is 0 Å². The molecule has 0 heterocycles. The fraction of sp³-hybridized carbons (Fsp3) is 0.385. The van der Waals surface area contributed by atoms with E-state index in [-0.39, 0.29) is 17.3 Å². The molecule has 0 fully saturated rings. The number of methoxy groups -OCH3 is 1. The smallest absolute Gasteiger partial charge is 0.337 e. The lowest BCUT2D eigenvalue weighted by molar-refractivity contribution is 0.0698. The van der Waals surface area contributed by atoms with Gasteiger partial charge in [-0.1, -0.05) is 15.9 Å². The molecular formula is C13H17BrN2O4. The molecule has 0 aliphatic carbocycles. The van der Waals surface area contributed by atoms with Gasteiger partial charge in [0.15, 0.2) is 0 Å². The fourth-order valence-electron chi connectivity index (χ4n) is 1.60. The number of carboxylic acids is 1. The van der Waals surface area contributed by atoms with Crippen molar-refractivity contribution in [3.63, 3.8) is 0 Å². The lowest BCUT2D eigenvalue weighted by atomic mass is 10.2. The van der Waals surface area contributed by atoms with Gasteiger partial charge in [0.25, 0.3) is 0 Å². The molecule has 1 aromatic carbocycles. The number of amides is 2. The van der Waals surface area contributed by atoms with Crippen molar-refractivity contribution in [2.45, 2.75) is 6.92 Å². The highest BCUT2D eigenvalue weighted by molar-refractivity contribution is 9.10. The molecule has 1 rings (SSSR count). The van der Waals surface area contributed by atoms with Gasteiger partial charge in [-0.05, 0) is 25.1 Å². The molecule has 110 valence electrons. The van der Waals surface area contributed by atoms with Crippen molar-refractivity contribution in [3.05, 3.63) is 28.2 Å².